The number of halogens is 3. The van der Waals surface area contributed by atoms with Crippen molar-refractivity contribution >= 4 is 35.1 Å². The molecule has 0 saturated carbocycles. The Kier molecular flexibility index (Phi) is 3.49. The molecule has 0 fully saturated rings. The molecule has 18 heavy (non-hydrogen) atoms. The second kappa shape index (κ2) is 4.91. The van der Waals surface area contributed by atoms with Crippen LogP contribution in [0.3, 0.4) is 0 Å². The summed E-state index contributed by atoms with van der Waals surface area (Å²) in [6.45, 7) is 1.30. The zero-order chi connectivity index (χ0) is 13.3. The van der Waals surface area contributed by atoms with Crippen LogP contribution in [0.1, 0.15) is 6.92 Å². The fourth-order valence-corrected chi connectivity index (χ4v) is 1.62. The predicted octanol–water partition coefficient (Wildman–Crippen LogP) is 3.14. The quantitative estimate of drug-likeness (QED) is 0.863. The Morgan fingerprint density at radius 3 is 2.72 bits per heavy atom. The van der Waals surface area contributed by atoms with Crippen molar-refractivity contribution < 1.29 is 13.6 Å². The lowest BCUT2D eigenvalue weighted by Crippen LogP contribution is -2.05. The van der Waals surface area contributed by atoms with Gasteiger partial charge in [-0.2, -0.15) is 0 Å². The van der Waals surface area contributed by atoms with E-state index in [9.17, 15) is 9.18 Å². The van der Waals surface area contributed by atoms with Gasteiger partial charge < -0.3 is 4.42 Å². The molecule has 1 aromatic heterocycles. The fourth-order valence-electron chi connectivity index (χ4n) is 1.22. The fraction of sp³-hybridized carbons (Fsp3) is 0.100. The van der Waals surface area contributed by atoms with Crippen molar-refractivity contribution in [3.05, 3.63) is 28.0 Å². The number of rotatable bonds is 2. The second-order valence-electron chi connectivity index (χ2n) is 3.32. The van der Waals surface area contributed by atoms with Gasteiger partial charge in [-0.1, -0.05) is 28.3 Å². The number of amides is 1. The van der Waals surface area contributed by atoms with Gasteiger partial charge in [0.25, 0.3) is 5.89 Å². The van der Waals surface area contributed by atoms with Crippen LogP contribution in [-0.2, 0) is 4.79 Å². The molecule has 0 aliphatic carbocycles. The Morgan fingerprint density at radius 1 is 1.33 bits per heavy atom. The van der Waals surface area contributed by atoms with Crippen LogP contribution < -0.4 is 5.32 Å². The van der Waals surface area contributed by atoms with Gasteiger partial charge in [0.15, 0.2) is 0 Å². The standard InChI is InChI=1S/C10H6Cl2FN3O2/c1-4(17)14-10-16-15-9(18-10)5-2-3-6(13)8(12)7(5)11/h2-3H,1H3,(H,14,16,17). The molecule has 0 atom stereocenters. The zero-order valence-electron chi connectivity index (χ0n) is 9.00. The van der Waals surface area contributed by atoms with Crippen molar-refractivity contribution in [3.63, 3.8) is 0 Å². The lowest BCUT2D eigenvalue weighted by atomic mass is 10.2. The van der Waals surface area contributed by atoms with Crippen LogP contribution in [0.4, 0.5) is 10.4 Å². The van der Waals surface area contributed by atoms with E-state index in [4.69, 9.17) is 27.6 Å². The van der Waals surface area contributed by atoms with E-state index < -0.39 is 5.82 Å². The van der Waals surface area contributed by atoms with Gasteiger partial charge in [-0.3, -0.25) is 10.1 Å². The minimum Gasteiger partial charge on any atom is -0.403 e. The molecule has 0 radical (unpaired) electrons. The number of hydrogen-bond acceptors (Lipinski definition) is 4. The third kappa shape index (κ3) is 2.44. The van der Waals surface area contributed by atoms with E-state index in [-0.39, 0.29) is 33.4 Å². The van der Waals surface area contributed by atoms with E-state index in [1.807, 2.05) is 0 Å². The molecule has 2 rings (SSSR count). The summed E-state index contributed by atoms with van der Waals surface area (Å²) in [6.07, 6.45) is 0. The summed E-state index contributed by atoms with van der Waals surface area (Å²) in [4.78, 5) is 10.8. The molecule has 0 spiro atoms. The first kappa shape index (κ1) is 12.8. The molecule has 0 bridgehead atoms. The van der Waals surface area contributed by atoms with Gasteiger partial charge >= 0.3 is 6.01 Å². The summed E-state index contributed by atoms with van der Waals surface area (Å²) < 4.78 is 18.2. The average molecular weight is 290 g/mol. The molecule has 0 unspecified atom stereocenters. The van der Waals surface area contributed by atoms with Crippen molar-refractivity contribution in [2.24, 2.45) is 0 Å². The molecule has 1 amide bonds. The third-order valence-corrected chi connectivity index (χ3v) is 2.83. The summed E-state index contributed by atoms with van der Waals surface area (Å²) in [5.41, 5.74) is 0.284. The molecule has 2 aromatic rings. The topological polar surface area (TPSA) is 68.0 Å². The number of carbonyl (C=O) groups is 1. The van der Waals surface area contributed by atoms with Gasteiger partial charge in [0.1, 0.15) is 5.82 Å². The van der Waals surface area contributed by atoms with Crippen LogP contribution in [0.25, 0.3) is 11.5 Å². The number of nitrogens with zero attached hydrogens (tertiary/aromatic N) is 2. The summed E-state index contributed by atoms with van der Waals surface area (Å²) in [5, 5.41) is 9.31. The minimum absolute atomic E-state index is 0.0327. The van der Waals surface area contributed by atoms with Crippen molar-refractivity contribution in [2.75, 3.05) is 5.32 Å². The normalized spacial score (nSPS) is 10.4. The highest BCUT2D eigenvalue weighted by Gasteiger charge is 2.16. The van der Waals surface area contributed by atoms with Crippen LogP contribution in [0.2, 0.25) is 10.0 Å². The Bertz CT molecular complexity index is 615. The van der Waals surface area contributed by atoms with Gasteiger partial charge in [0, 0.05) is 6.92 Å². The van der Waals surface area contributed by atoms with Crippen molar-refractivity contribution in [1.29, 1.82) is 0 Å². The molecule has 1 heterocycles. The summed E-state index contributed by atoms with van der Waals surface area (Å²) in [7, 11) is 0. The maximum absolute atomic E-state index is 13.1. The number of nitrogens with one attached hydrogen (secondary N) is 1. The van der Waals surface area contributed by atoms with Gasteiger partial charge in [-0.05, 0) is 12.1 Å². The lowest BCUT2D eigenvalue weighted by molar-refractivity contribution is -0.114. The summed E-state index contributed by atoms with van der Waals surface area (Å²) >= 11 is 11.5. The van der Waals surface area contributed by atoms with Crippen molar-refractivity contribution in [3.8, 4) is 11.5 Å². The van der Waals surface area contributed by atoms with E-state index in [2.05, 4.69) is 15.5 Å². The van der Waals surface area contributed by atoms with Crippen LogP contribution in [0, 0.1) is 5.82 Å². The monoisotopic (exact) mass is 289 g/mol. The minimum atomic E-state index is -0.646. The number of carbonyl (C=O) groups excluding carboxylic acids is 1. The van der Waals surface area contributed by atoms with Crippen LogP contribution >= 0.6 is 23.2 Å². The average Bonchev–Trinajstić information content (AvgIpc) is 2.73. The van der Waals surface area contributed by atoms with E-state index in [0.717, 1.165) is 6.07 Å². The maximum atomic E-state index is 13.1. The first-order chi connectivity index (χ1) is 8.49. The Morgan fingerprint density at radius 2 is 2.06 bits per heavy atom. The second-order valence-corrected chi connectivity index (χ2v) is 4.07. The maximum Gasteiger partial charge on any atom is 0.322 e. The van der Waals surface area contributed by atoms with Gasteiger partial charge in [0.05, 0.1) is 15.6 Å². The van der Waals surface area contributed by atoms with E-state index in [1.165, 1.54) is 13.0 Å². The predicted molar refractivity (Wildman–Crippen MR) is 64.0 cm³/mol. The highest BCUT2D eigenvalue weighted by atomic mass is 35.5. The molecule has 0 saturated heterocycles. The van der Waals surface area contributed by atoms with Gasteiger partial charge in [-0.15, -0.1) is 5.10 Å². The molecule has 0 aliphatic heterocycles. The Labute approximate surface area is 111 Å². The van der Waals surface area contributed by atoms with Crippen LogP contribution in [0.5, 0.6) is 0 Å². The molecule has 5 nitrogen and oxygen atoms in total. The highest BCUT2D eigenvalue weighted by Crippen LogP contribution is 2.34. The largest absolute Gasteiger partial charge is 0.403 e. The Balaban J connectivity index is 2.40. The number of anilines is 1. The van der Waals surface area contributed by atoms with Gasteiger partial charge in [-0.25, -0.2) is 4.39 Å². The Hall–Kier alpha value is -1.66. The molecule has 94 valence electrons. The van der Waals surface area contributed by atoms with Crippen LogP contribution in [0.15, 0.2) is 16.5 Å². The number of hydrogen-bond donors (Lipinski definition) is 1. The summed E-state index contributed by atoms with van der Waals surface area (Å²) in [6, 6.07) is 2.41. The first-order valence-electron chi connectivity index (χ1n) is 4.74. The third-order valence-electron chi connectivity index (χ3n) is 1.97. The number of benzene rings is 1. The number of aromatic nitrogens is 2. The first-order valence-corrected chi connectivity index (χ1v) is 5.49. The molecular formula is C10H6Cl2FN3O2. The molecule has 1 N–H and O–H groups in total. The zero-order valence-corrected chi connectivity index (χ0v) is 10.5. The molecule has 8 heteroatoms. The summed E-state index contributed by atoms with van der Waals surface area (Å²) in [5.74, 6) is -0.967. The van der Waals surface area contributed by atoms with E-state index >= 15 is 0 Å². The smallest absolute Gasteiger partial charge is 0.322 e. The van der Waals surface area contributed by atoms with Crippen molar-refractivity contribution in [2.45, 2.75) is 6.92 Å². The SMILES string of the molecule is CC(=O)Nc1nnc(-c2ccc(F)c(Cl)c2Cl)o1. The molecule has 1 aromatic carbocycles. The van der Waals surface area contributed by atoms with E-state index in [1.54, 1.807) is 0 Å². The van der Waals surface area contributed by atoms with Crippen LogP contribution in [-0.4, -0.2) is 16.1 Å². The van der Waals surface area contributed by atoms with Gasteiger partial charge in [0.2, 0.25) is 5.91 Å². The highest BCUT2D eigenvalue weighted by molar-refractivity contribution is 6.43. The molecular weight excluding hydrogens is 284 g/mol. The lowest BCUT2D eigenvalue weighted by Gasteiger charge is -2.01. The van der Waals surface area contributed by atoms with E-state index in [0.29, 0.717) is 0 Å². The molecule has 0 aliphatic rings. The van der Waals surface area contributed by atoms with Crippen molar-refractivity contribution in [1.82, 2.24) is 10.2 Å².